The monoisotopic (exact) mass is 527 g/mol. The molecule has 1 fully saturated rings. The molecule has 4 rings (SSSR count). The first kappa shape index (κ1) is 25.9. The number of methoxy groups -OCH3 is 1. The van der Waals surface area contributed by atoms with Crippen LogP contribution in [0.3, 0.4) is 0 Å². The number of para-hydroxylation sites is 1. The maximum Gasteiger partial charge on any atom is 0.295 e. The van der Waals surface area contributed by atoms with E-state index in [1.807, 2.05) is 0 Å². The highest BCUT2D eigenvalue weighted by Crippen LogP contribution is 2.42. The van der Waals surface area contributed by atoms with Crippen LogP contribution in [0.2, 0.25) is 10.0 Å². The molecular formula is C27H23Cl2NO6. The average molecular weight is 528 g/mol. The van der Waals surface area contributed by atoms with Crippen LogP contribution in [0.4, 0.5) is 5.69 Å². The van der Waals surface area contributed by atoms with Gasteiger partial charge in [0.2, 0.25) is 5.78 Å². The van der Waals surface area contributed by atoms with Gasteiger partial charge in [0, 0.05) is 22.8 Å². The van der Waals surface area contributed by atoms with Gasteiger partial charge < -0.3 is 14.2 Å². The molecule has 0 N–H and O–H groups in total. The standard InChI is InChI=1S/C27H23Cl2NO6/c1-34-13-14-35-16-36-22-8-3-2-7-21(22)25(31)23-24(17-9-11-18(28)12-10-17)30(27(33)26(23)32)20-6-4-5-19(29)15-20/h2-12,15,23-24H,13-14,16H2,1H3. The number of hydrogen-bond donors (Lipinski definition) is 0. The van der Waals surface area contributed by atoms with Crippen molar-refractivity contribution >= 4 is 46.4 Å². The summed E-state index contributed by atoms with van der Waals surface area (Å²) in [7, 11) is 1.56. The third-order valence-electron chi connectivity index (χ3n) is 5.77. The lowest BCUT2D eigenvalue weighted by Crippen LogP contribution is -2.30. The highest BCUT2D eigenvalue weighted by molar-refractivity contribution is 6.49. The van der Waals surface area contributed by atoms with Gasteiger partial charge in [-0.1, -0.05) is 53.5 Å². The molecule has 2 atom stereocenters. The molecule has 0 aromatic heterocycles. The molecule has 0 spiro atoms. The van der Waals surface area contributed by atoms with E-state index in [2.05, 4.69) is 0 Å². The molecule has 0 aliphatic carbocycles. The molecule has 1 amide bonds. The van der Waals surface area contributed by atoms with E-state index in [0.29, 0.717) is 34.5 Å². The molecule has 1 aliphatic heterocycles. The van der Waals surface area contributed by atoms with E-state index in [4.69, 9.17) is 37.4 Å². The molecule has 1 saturated heterocycles. The lowest BCUT2D eigenvalue weighted by atomic mass is 9.86. The van der Waals surface area contributed by atoms with Crippen LogP contribution >= 0.6 is 23.2 Å². The van der Waals surface area contributed by atoms with Crippen LogP contribution in [0.25, 0.3) is 0 Å². The van der Waals surface area contributed by atoms with Crippen molar-refractivity contribution in [3.63, 3.8) is 0 Å². The van der Waals surface area contributed by atoms with Crippen LogP contribution in [0.5, 0.6) is 5.75 Å². The fourth-order valence-electron chi connectivity index (χ4n) is 4.11. The highest BCUT2D eigenvalue weighted by atomic mass is 35.5. The first-order chi connectivity index (χ1) is 17.4. The van der Waals surface area contributed by atoms with Crippen molar-refractivity contribution in [3.8, 4) is 5.75 Å². The molecule has 7 nitrogen and oxygen atoms in total. The van der Waals surface area contributed by atoms with Crippen molar-refractivity contribution in [2.24, 2.45) is 5.92 Å². The Morgan fingerprint density at radius 3 is 2.39 bits per heavy atom. The van der Waals surface area contributed by atoms with Crippen molar-refractivity contribution in [1.82, 2.24) is 0 Å². The number of halogens is 2. The van der Waals surface area contributed by atoms with Gasteiger partial charge in [0.1, 0.15) is 11.7 Å². The van der Waals surface area contributed by atoms with Gasteiger partial charge >= 0.3 is 0 Å². The van der Waals surface area contributed by atoms with Crippen molar-refractivity contribution < 1.29 is 28.6 Å². The minimum Gasteiger partial charge on any atom is -0.467 e. The zero-order valence-corrected chi connectivity index (χ0v) is 20.9. The zero-order chi connectivity index (χ0) is 25.7. The van der Waals surface area contributed by atoms with Crippen LogP contribution in [0.15, 0.2) is 72.8 Å². The SMILES string of the molecule is COCCOCOc1ccccc1C(=O)C1C(=O)C(=O)N(c2cccc(Cl)c2)C1c1ccc(Cl)cc1. The summed E-state index contributed by atoms with van der Waals surface area (Å²) >= 11 is 12.3. The van der Waals surface area contributed by atoms with Gasteiger partial charge in [0.15, 0.2) is 12.6 Å². The lowest BCUT2D eigenvalue weighted by Gasteiger charge is -2.27. The largest absolute Gasteiger partial charge is 0.467 e. The Morgan fingerprint density at radius 1 is 0.917 bits per heavy atom. The molecule has 9 heteroatoms. The molecule has 3 aromatic rings. The van der Waals surface area contributed by atoms with Crippen molar-refractivity contribution in [1.29, 1.82) is 0 Å². The number of carbonyl (C=O) groups is 3. The predicted molar refractivity (Wildman–Crippen MR) is 136 cm³/mol. The maximum atomic E-state index is 13.9. The summed E-state index contributed by atoms with van der Waals surface area (Å²) in [6, 6.07) is 18.9. The summed E-state index contributed by atoms with van der Waals surface area (Å²) in [4.78, 5) is 41.8. The summed E-state index contributed by atoms with van der Waals surface area (Å²) in [6.07, 6.45) is 0. The predicted octanol–water partition coefficient (Wildman–Crippen LogP) is 5.15. The van der Waals surface area contributed by atoms with E-state index in [0.717, 1.165) is 0 Å². The Hall–Kier alpha value is -3.23. The fourth-order valence-corrected chi connectivity index (χ4v) is 4.42. The topological polar surface area (TPSA) is 82.1 Å². The number of anilines is 1. The first-order valence-corrected chi connectivity index (χ1v) is 11.9. The zero-order valence-electron chi connectivity index (χ0n) is 19.4. The molecule has 3 aromatic carbocycles. The Balaban J connectivity index is 1.73. The van der Waals surface area contributed by atoms with E-state index in [1.165, 1.54) is 4.90 Å². The fraction of sp³-hybridized carbons (Fsp3) is 0.222. The summed E-state index contributed by atoms with van der Waals surface area (Å²) in [5, 5.41) is 0.878. The van der Waals surface area contributed by atoms with Crippen molar-refractivity contribution in [2.45, 2.75) is 6.04 Å². The molecule has 1 heterocycles. The summed E-state index contributed by atoms with van der Waals surface area (Å²) in [5.74, 6) is -3.21. The summed E-state index contributed by atoms with van der Waals surface area (Å²) in [6.45, 7) is 0.598. The molecule has 36 heavy (non-hydrogen) atoms. The Bertz CT molecular complexity index is 1260. The second-order valence-electron chi connectivity index (χ2n) is 8.02. The number of Topliss-reactive ketones (excluding diaryl/α,β-unsaturated/α-hetero) is 2. The third kappa shape index (κ3) is 5.44. The maximum absolute atomic E-state index is 13.9. The van der Waals surface area contributed by atoms with E-state index >= 15 is 0 Å². The number of amides is 1. The average Bonchev–Trinajstić information content (AvgIpc) is 3.14. The highest BCUT2D eigenvalue weighted by Gasteiger charge is 2.52. The van der Waals surface area contributed by atoms with Gasteiger partial charge in [-0.15, -0.1) is 0 Å². The summed E-state index contributed by atoms with van der Waals surface area (Å²) in [5.41, 5.74) is 1.16. The van der Waals surface area contributed by atoms with Crippen molar-refractivity contribution in [2.75, 3.05) is 32.0 Å². The number of carbonyl (C=O) groups excluding carboxylic acids is 3. The Kier molecular flexibility index (Phi) is 8.38. The van der Waals surface area contributed by atoms with E-state index in [1.54, 1.807) is 79.9 Å². The number of benzene rings is 3. The molecule has 0 saturated carbocycles. The van der Waals surface area contributed by atoms with Gasteiger partial charge in [-0.25, -0.2) is 0 Å². The van der Waals surface area contributed by atoms with Crippen molar-refractivity contribution in [3.05, 3.63) is 94.0 Å². The molecule has 186 valence electrons. The van der Waals surface area contributed by atoms with Crippen LogP contribution < -0.4 is 9.64 Å². The van der Waals surface area contributed by atoms with Gasteiger partial charge in [0.25, 0.3) is 5.91 Å². The first-order valence-electron chi connectivity index (χ1n) is 11.1. The minimum atomic E-state index is -1.31. The number of nitrogens with zero attached hydrogens (tertiary/aromatic N) is 1. The Morgan fingerprint density at radius 2 is 1.67 bits per heavy atom. The summed E-state index contributed by atoms with van der Waals surface area (Å²) < 4.78 is 16.0. The molecule has 1 aliphatic rings. The van der Waals surface area contributed by atoms with Crippen LogP contribution in [-0.2, 0) is 19.1 Å². The van der Waals surface area contributed by atoms with E-state index < -0.39 is 29.4 Å². The Labute approximate surface area is 218 Å². The van der Waals surface area contributed by atoms with Crippen LogP contribution in [0.1, 0.15) is 22.0 Å². The number of hydrogen-bond acceptors (Lipinski definition) is 6. The van der Waals surface area contributed by atoms with Crippen LogP contribution in [0, 0.1) is 5.92 Å². The molecular weight excluding hydrogens is 505 g/mol. The normalized spacial score (nSPS) is 17.5. The smallest absolute Gasteiger partial charge is 0.295 e. The quantitative estimate of drug-likeness (QED) is 0.119. The van der Waals surface area contributed by atoms with Gasteiger partial charge in [0.05, 0.1) is 24.8 Å². The minimum absolute atomic E-state index is 0.111. The lowest BCUT2D eigenvalue weighted by molar-refractivity contribution is -0.135. The number of ether oxygens (including phenoxy) is 3. The second-order valence-corrected chi connectivity index (χ2v) is 8.89. The molecule has 0 radical (unpaired) electrons. The van der Waals surface area contributed by atoms with E-state index in [9.17, 15) is 14.4 Å². The second kappa shape index (κ2) is 11.7. The van der Waals surface area contributed by atoms with E-state index in [-0.39, 0.29) is 18.1 Å². The van der Waals surface area contributed by atoms with Gasteiger partial charge in [-0.3, -0.25) is 19.3 Å². The third-order valence-corrected chi connectivity index (χ3v) is 6.26. The van der Waals surface area contributed by atoms with Gasteiger partial charge in [-0.2, -0.15) is 0 Å². The molecule has 2 unspecified atom stereocenters. The number of ketones is 2. The molecule has 0 bridgehead atoms. The number of rotatable bonds is 10. The van der Waals surface area contributed by atoms with Gasteiger partial charge in [-0.05, 0) is 48.0 Å². The van der Waals surface area contributed by atoms with Crippen LogP contribution in [-0.4, -0.2) is 44.6 Å².